The van der Waals surface area contributed by atoms with Crippen LogP contribution in [0.15, 0.2) is 24.3 Å². The van der Waals surface area contributed by atoms with E-state index in [0.29, 0.717) is 24.7 Å². The van der Waals surface area contributed by atoms with Crippen LogP contribution in [0.2, 0.25) is 0 Å². The quantitative estimate of drug-likeness (QED) is 0.705. The molecule has 84 valence electrons. The maximum Gasteiger partial charge on any atom is 0.273 e. The molecule has 0 aliphatic carbocycles. The largest absolute Gasteiger partial charge is 0.481 e. The summed E-state index contributed by atoms with van der Waals surface area (Å²) in [6.07, 6.45) is 3.96. The van der Waals surface area contributed by atoms with Crippen LogP contribution in [0.3, 0.4) is 0 Å². The normalized spacial score (nSPS) is 14.2. The van der Waals surface area contributed by atoms with E-state index in [4.69, 9.17) is 4.74 Å². The summed E-state index contributed by atoms with van der Waals surface area (Å²) in [4.78, 5) is 18.0. The fourth-order valence-electron chi connectivity index (χ4n) is 1.63. The lowest BCUT2D eigenvalue weighted by Gasteiger charge is -2.16. The highest BCUT2D eigenvalue weighted by Crippen LogP contribution is 2.15. The van der Waals surface area contributed by atoms with E-state index in [1.54, 1.807) is 18.1 Å². The number of aryl methyl sites for hydroxylation is 1. The molecule has 1 aliphatic rings. The van der Waals surface area contributed by atoms with E-state index >= 15 is 0 Å². The van der Waals surface area contributed by atoms with Crippen molar-refractivity contribution in [3.05, 3.63) is 35.5 Å². The molecule has 1 aliphatic heterocycles. The lowest BCUT2D eigenvalue weighted by Crippen LogP contribution is -2.29. The summed E-state index contributed by atoms with van der Waals surface area (Å²) in [7, 11) is 1.54. The van der Waals surface area contributed by atoms with Crippen molar-refractivity contribution in [1.82, 2.24) is 9.88 Å². The van der Waals surface area contributed by atoms with E-state index in [2.05, 4.69) is 4.98 Å². The van der Waals surface area contributed by atoms with Gasteiger partial charge < -0.3 is 9.64 Å². The average molecular weight is 218 g/mol. The molecule has 0 spiro atoms. The van der Waals surface area contributed by atoms with Crippen LogP contribution in [0.1, 0.15) is 16.1 Å². The molecule has 0 bridgehead atoms. The molecule has 1 aromatic rings. The second kappa shape index (κ2) is 4.35. The molecule has 0 unspecified atom stereocenters. The maximum absolute atomic E-state index is 12.1. The number of carbonyl (C=O) groups is 1. The Labute approximate surface area is 94.5 Å². The van der Waals surface area contributed by atoms with Crippen LogP contribution in [0.4, 0.5) is 0 Å². The van der Waals surface area contributed by atoms with E-state index < -0.39 is 0 Å². The van der Waals surface area contributed by atoms with Crippen LogP contribution in [0.25, 0.3) is 0 Å². The van der Waals surface area contributed by atoms with E-state index in [1.807, 2.05) is 25.1 Å². The number of methoxy groups -OCH3 is 1. The third-order valence-corrected chi connectivity index (χ3v) is 2.59. The zero-order chi connectivity index (χ0) is 11.5. The van der Waals surface area contributed by atoms with Crippen LogP contribution >= 0.6 is 0 Å². The minimum absolute atomic E-state index is 0.0404. The molecule has 1 aromatic heterocycles. The van der Waals surface area contributed by atoms with Crippen molar-refractivity contribution >= 4 is 5.91 Å². The number of amides is 1. The molecule has 4 nitrogen and oxygen atoms in total. The maximum atomic E-state index is 12.1. The molecule has 0 fully saturated rings. The fourth-order valence-corrected chi connectivity index (χ4v) is 1.63. The van der Waals surface area contributed by atoms with Crippen LogP contribution in [0.5, 0.6) is 5.88 Å². The van der Waals surface area contributed by atoms with Crippen molar-refractivity contribution in [2.45, 2.75) is 6.92 Å². The Balaban J connectivity index is 2.27. The minimum atomic E-state index is -0.0404. The van der Waals surface area contributed by atoms with Gasteiger partial charge in [0.05, 0.1) is 7.11 Å². The number of rotatable bonds is 2. The first-order valence-electron chi connectivity index (χ1n) is 5.18. The summed E-state index contributed by atoms with van der Waals surface area (Å²) in [5.41, 5.74) is 1.35. The monoisotopic (exact) mass is 218 g/mol. The molecule has 1 amide bonds. The molecular formula is C12H14N2O2. The molecule has 0 atom stereocenters. The van der Waals surface area contributed by atoms with Gasteiger partial charge in [-0.05, 0) is 12.5 Å². The minimum Gasteiger partial charge on any atom is -0.481 e. The van der Waals surface area contributed by atoms with Crippen LogP contribution < -0.4 is 4.74 Å². The van der Waals surface area contributed by atoms with Crippen molar-refractivity contribution in [2.75, 3.05) is 20.2 Å². The first-order chi connectivity index (χ1) is 7.72. The van der Waals surface area contributed by atoms with Crippen LogP contribution in [-0.4, -0.2) is 36.0 Å². The van der Waals surface area contributed by atoms with Gasteiger partial charge in [0.15, 0.2) is 0 Å². The van der Waals surface area contributed by atoms with Crippen molar-refractivity contribution in [2.24, 2.45) is 0 Å². The standard InChI is InChI=1S/C12H14N2O2/c1-9-5-6-10(16-2)13-11(9)12(15)14-7-3-4-8-14/h3-6H,7-8H2,1-2H3. The Morgan fingerprint density at radius 3 is 2.69 bits per heavy atom. The summed E-state index contributed by atoms with van der Waals surface area (Å²) < 4.78 is 5.03. The van der Waals surface area contributed by atoms with Crippen molar-refractivity contribution in [1.29, 1.82) is 0 Å². The van der Waals surface area contributed by atoms with Crippen LogP contribution in [0, 0.1) is 6.92 Å². The zero-order valence-corrected chi connectivity index (χ0v) is 9.43. The summed E-state index contributed by atoms with van der Waals surface area (Å²) in [5, 5.41) is 0. The van der Waals surface area contributed by atoms with E-state index in [9.17, 15) is 4.79 Å². The fraction of sp³-hybridized carbons (Fsp3) is 0.333. The highest BCUT2D eigenvalue weighted by Gasteiger charge is 2.19. The Morgan fingerprint density at radius 1 is 1.38 bits per heavy atom. The van der Waals surface area contributed by atoms with Gasteiger partial charge in [-0.25, -0.2) is 4.98 Å². The summed E-state index contributed by atoms with van der Waals surface area (Å²) in [6, 6.07) is 3.61. The number of nitrogens with zero attached hydrogens (tertiary/aromatic N) is 2. The van der Waals surface area contributed by atoms with Gasteiger partial charge in [0.1, 0.15) is 5.69 Å². The number of hydrogen-bond acceptors (Lipinski definition) is 3. The third-order valence-electron chi connectivity index (χ3n) is 2.59. The molecule has 0 radical (unpaired) electrons. The lowest BCUT2D eigenvalue weighted by molar-refractivity contribution is 0.0792. The van der Waals surface area contributed by atoms with Gasteiger partial charge in [-0.15, -0.1) is 0 Å². The SMILES string of the molecule is COc1ccc(C)c(C(=O)N2CC=CC2)n1. The first-order valence-corrected chi connectivity index (χ1v) is 5.18. The van der Waals surface area contributed by atoms with E-state index in [-0.39, 0.29) is 5.91 Å². The van der Waals surface area contributed by atoms with Gasteiger partial charge >= 0.3 is 0 Å². The van der Waals surface area contributed by atoms with E-state index in [0.717, 1.165) is 5.56 Å². The Hall–Kier alpha value is -1.84. The number of carbonyl (C=O) groups excluding carboxylic acids is 1. The Morgan fingerprint density at radius 2 is 2.06 bits per heavy atom. The molecule has 2 rings (SSSR count). The molecular weight excluding hydrogens is 204 g/mol. The second-order valence-electron chi connectivity index (χ2n) is 3.70. The number of hydrogen-bond donors (Lipinski definition) is 0. The topological polar surface area (TPSA) is 42.4 Å². The van der Waals surface area contributed by atoms with E-state index in [1.165, 1.54) is 0 Å². The zero-order valence-electron chi connectivity index (χ0n) is 9.43. The highest BCUT2D eigenvalue weighted by molar-refractivity contribution is 5.94. The smallest absolute Gasteiger partial charge is 0.273 e. The van der Waals surface area contributed by atoms with Crippen molar-refractivity contribution < 1.29 is 9.53 Å². The molecule has 0 aromatic carbocycles. The molecule has 0 saturated carbocycles. The van der Waals surface area contributed by atoms with Gasteiger partial charge in [-0.1, -0.05) is 18.2 Å². The Bertz CT molecular complexity index is 433. The van der Waals surface area contributed by atoms with Gasteiger partial charge in [0.2, 0.25) is 5.88 Å². The predicted octanol–water partition coefficient (Wildman–Crippen LogP) is 1.41. The highest BCUT2D eigenvalue weighted by atomic mass is 16.5. The van der Waals surface area contributed by atoms with Gasteiger partial charge in [0.25, 0.3) is 5.91 Å². The lowest BCUT2D eigenvalue weighted by atomic mass is 10.2. The van der Waals surface area contributed by atoms with Gasteiger partial charge in [0, 0.05) is 19.2 Å². The number of aromatic nitrogens is 1. The van der Waals surface area contributed by atoms with Crippen molar-refractivity contribution in [3.63, 3.8) is 0 Å². The molecule has 0 N–H and O–H groups in total. The van der Waals surface area contributed by atoms with Crippen LogP contribution in [-0.2, 0) is 0 Å². The number of pyridine rings is 1. The summed E-state index contributed by atoms with van der Waals surface area (Å²) in [5.74, 6) is 0.433. The molecule has 4 heteroatoms. The molecule has 2 heterocycles. The summed E-state index contributed by atoms with van der Waals surface area (Å²) in [6.45, 7) is 3.21. The summed E-state index contributed by atoms with van der Waals surface area (Å²) >= 11 is 0. The molecule has 0 saturated heterocycles. The first kappa shape index (κ1) is 10.7. The third kappa shape index (κ3) is 1.91. The van der Waals surface area contributed by atoms with Crippen molar-refractivity contribution in [3.8, 4) is 5.88 Å². The molecule has 16 heavy (non-hydrogen) atoms. The second-order valence-corrected chi connectivity index (χ2v) is 3.70. The average Bonchev–Trinajstić information content (AvgIpc) is 2.82. The predicted molar refractivity (Wildman–Crippen MR) is 60.6 cm³/mol. The van der Waals surface area contributed by atoms with Gasteiger partial charge in [-0.2, -0.15) is 0 Å². The van der Waals surface area contributed by atoms with Gasteiger partial charge in [-0.3, -0.25) is 4.79 Å². The Kier molecular flexibility index (Phi) is 2.90. The number of ether oxygens (including phenoxy) is 1.